The summed E-state index contributed by atoms with van der Waals surface area (Å²) in [5.41, 5.74) is 0. The predicted octanol–water partition coefficient (Wildman–Crippen LogP) is 5.79. The number of hydrogen-bond acceptors (Lipinski definition) is 5. The normalized spacial score (nSPS) is 12.8. The molecule has 5 heteroatoms. The van der Waals surface area contributed by atoms with Crippen LogP contribution in [0.2, 0.25) is 0 Å². The Morgan fingerprint density at radius 2 is 1.22 bits per heavy atom. The standard InChI is InChI=1S/C16H32O2.C11H24O3/c1-2-3-4-5-6-7-8-9-10-11-12-13-14-15-16(17)18;1-3-5-6-10(4-2)8-14-9-11(13)7-12/h2-15H2,1H3,(H,17,18);10-13H,3-9H2,1-2H3/p-1. The van der Waals surface area contributed by atoms with Gasteiger partial charge in [0.25, 0.3) is 0 Å². The lowest BCUT2D eigenvalue weighted by molar-refractivity contribution is -0.305. The van der Waals surface area contributed by atoms with E-state index < -0.39 is 12.1 Å². The van der Waals surface area contributed by atoms with E-state index in [4.69, 9.17) is 14.9 Å². The van der Waals surface area contributed by atoms with Gasteiger partial charge in [-0.2, -0.15) is 0 Å². The first-order valence-corrected chi connectivity index (χ1v) is 13.6. The number of aliphatic hydroxyl groups is 2. The predicted molar refractivity (Wildman–Crippen MR) is 133 cm³/mol. The molecule has 0 aromatic heterocycles. The van der Waals surface area contributed by atoms with Crippen molar-refractivity contribution in [2.45, 2.75) is 142 Å². The molecule has 0 aromatic rings. The van der Waals surface area contributed by atoms with E-state index in [0.717, 1.165) is 19.3 Å². The molecule has 0 spiro atoms. The summed E-state index contributed by atoms with van der Waals surface area (Å²) in [4.78, 5) is 10.2. The number of unbranched alkanes of at least 4 members (excludes halogenated alkanes) is 13. The number of aliphatic carboxylic acids is 1. The van der Waals surface area contributed by atoms with Crippen molar-refractivity contribution in [3.63, 3.8) is 0 Å². The molecule has 0 heterocycles. The molecule has 0 rings (SSSR count). The minimum atomic E-state index is -0.905. The van der Waals surface area contributed by atoms with Crippen LogP contribution < -0.4 is 5.11 Å². The number of carbonyl (C=O) groups excluding carboxylic acids is 1. The Bertz CT molecular complexity index is 362. The average Bonchev–Trinajstić information content (AvgIpc) is 2.79. The van der Waals surface area contributed by atoms with Gasteiger partial charge >= 0.3 is 0 Å². The van der Waals surface area contributed by atoms with Gasteiger partial charge in [-0.05, 0) is 25.2 Å². The third-order valence-electron chi connectivity index (χ3n) is 5.90. The van der Waals surface area contributed by atoms with Crippen molar-refractivity contribution in [3.05, 3.63) is 0 Å². The van der Waals surface area contributed by atoms with E-state index in [1.54, 1.807) is 0 Å². The van der Waals surface area contributed by atoms with Crippen molar-refractivity contribution >= 4 is 5.97 Å². The SMILES string of the molecule is CCCCC(CC)COCC(O)CO.CCCCCCCCCCCCCCCC(=O)[O-]. The molecule has 2 atom stereocenters. The van der Waals surface area contributed by atoms with Crippen molar-refractivity contribution in [1.29, 1.82) is 0 Å². The lowest BCUT2D eigenvalue weighted by Gasteiger charge is -2.15. The highest BCUT2D eigenvalue weighted by molar-refractivity contribution is 5.63. The first-order chi connectivity index (χ1) is 15.5. The van der Waals surface area contributed by atoms with Crippen LogP contribution in [0.1, 0.15) is 136 Å². The minimum Gasteiger partial charge on any atom is -0.550 e. The lowest BCUT2D eigenvalue weighted by Crippen LogP contribution is -2.21. The molecule has 0 aromatic carbocycles. The lowest BCUT2D eigenvalue weighted by atomic mass is 10.0. The second-order valence-electron chi connectivity index (χ2n) is 9.16. The van der Waals surface area contributed by atoms with Gasteiger partial charge in [-0.3, -0.25) is 0 Å². The molecule has 32 heavy (non-hydrogen) atoms. The Labute approximate surface area is 199 Å². The summed E-state index contributed by atoms with van der Waals surface area (Å²) in [6.45, 7) is 7.33. The van der Waals surface area contributed by atoms with Gasteiger partial charge in [0.15, 0.2) is 0 Å². The maximum absolute atomic E-state index is 10.2. The van der Waals surface area contributed by atoms with Crippen LogP contribution in [-0.2, 0) is 9.53 Å². The summed E-state index contributed by atoms with van der Waals surface area (Å²) in [7, 11) is 0. The van der Waals surface area contributed by atoms with E-state index >= 15 is 0 Å². The number of hydrogen-bond donors (Lipinski definition) is 2. The Morgan fingerprint density at radius 3 is 1.62 bits per heavy atom. The fourth-order valence-corrected chi connectivity index (χ4v) is 3.61. The van der Waals surface area contributed by atoms with E-state index in [1.807, 2.05) is 0 Å². The van der Waals surface area contributed by atoms with Crippen LogP contribution in [0.3, 0.4) is 0 Å². The monoisotopic (exact) mass is 459 g/mol. The first kappa shape index (κ1) is 33.5. The highest BCUT2D eigenvalue weighted by Crippen LogP contribution is 2.13. The summed E-state index contributed by atoms with van der Waals surface area (Å²) in [6.07, 6.45) is 21.0. The van der Waals surface area contributed by atoms with Crippen molar-refractivity contribution in [2.75, 3.05) is 19.8 Å². The smallest absolute Gasteiger partial charge is 0.100 e. The van der Waals surface area contributed by atoms with Gasteiger partial charge in [-0.15, -0.1) is 0 Å². The summed E-state index contributed by atoms with van der Waals surface area (Å²) in [5.74, 6) is -0.307. The number of ether oxygens (including phenoxy) is 1. The van der Waals surface area contributed by atoms with E-state index in [9.17, 15) is 9.90 Å². The van der Waals surface area contributed by atoms with Crippen LogP contribution in [0, 0.1) is 5.92 Å². The Hall–Kier alpha value is -0.650. The van der Waals surface area contributed by atoms with Crippen LogP contribution in [0.25, 0.3) is 0 Å². The molecule has 0 saturated heterocycles. The van der Waals surface area contributed by atoms with Crippen LogP contribution in [0.15, 0.2) is 0 Å². The molecule has 0 radical (unpaired) electrons. The molecule has 0 saturated carbocycles. The van der Waals surface area contributed by atoms with Crippen molar-refractivity contribution < 1.29 is 24.9 Å². The zero-order valence-electron chi connectivity index (χ0n) is 21.6. The number of carboxylic acid groups (broad SMARTS) is 1. The van der Waals surface area contributed by atoms with Crippen molar-refractivity contribution in [3.8, 4) is 0 Å². The number of aliphatic hydroxyl groups excluding tert-OH is 2. The second-order valence-corrected chi connectivity index (χ2v) is 9.16. The fourth-order valence-electron chi connectivity index (χ4n) is 3.61. The quantitative estimate of drug-likeness (QED) is 0.189. The van der Waals surface area contributed by atoms with E-state index in [1.165, 1.54) is 89.9 Å². The first-order valence-electron chi connectivity index (χ1n) is 13.6. The third kappa shape index (κ3) is 29.4. The molecule has 2 unspecified atom stereocenters. The molecule has 0 aliphatic carbocycles. The van der Waals surface area contributed by atoms with Gasteiger partial charge in [-0.25, -0.2) is 0 Å². The van der Waals surface area contributed by atoms with Gasteiger partial charge in [0.1, 0.15) is 6.10 Å². The number of carboxylic acids is 1. The van der Waals surface area contributed by atoms with Gasteiger partial charge in [0.2, 0.25) is 0 Å². The molecule has 2 N–H and O–H groups in total. The van der Waals surface area contributed by atoms with Crippen LogP contribution in [0.5, 0.6) is 0 Å². The average molecular weight is 460 g/mol. The van der Waals surface area contributed by atoms with Crippen molar-refractivity contribution in [2.24, 2.45) is 5.92 Å². The minimum absolute atomic E-state index is 0.217. The molecule has 0 aliphatic rings. The van der Waals surface area contributed by atoms with Crippen LogP contribution in [-0.4, -0.2) is 42.1 Å². The molecule has 5 nitrogen and oxygen atoms in total. The van der Waals surface area contributed by atoms with E-state index in [-0.39, 0.29) is 19.6 Å². The maximum atomic E-state index is 10.2. The largest absolute Gasteiger partial charge is 0.550 e. The molecule has 0 bridgehead atoms. The third-order valence-corrected chi connectivity index (χ3v) is 5.90. The Kier molecular flexibility index (Phi) is 29.7. The van der Waals surface area contributed by atoms with E-state index in [0.29, 0.717) is 12.5 Å². The molecule has 0 fully saturated rings. The second kappa shape index (κ2) is 28.4. The summed E-state index contributed by atoms with van der Waals surface area (Å²) < 4.78 is 5.33. The molecule has 0 amide bonds. The molecular formula is C27H55O5-. The van der Waals surface area contributed by atoms with Crippen molar-refractivity contribution in [1.82, 2.24) is 0 Å². The fraction of sp³-hybridized carbons (Fsp3) is 0.963. The van der Waals surface area contributed by atoms with Crippen LogP contribution in [0.4, 0.5) is 0 Å². The van der Waals surface area contributed by atoms with Gasteiger partial charge < -0.3 is 24.9 Å². The highest BCUT2D eigenvalue weighted by atomic mass is 16.5. The molecule has 194 valence electrons. The summed E-state index contributed by atoms with van der Waals surface area (Å²) in [6, 6.07) is 0. The summed E-state index contributed by atoms with van der Waals surface area (Å²) >= 11 is 0. The highest BCUT2D eigenvalue weighted by Gasteiger charge is 2.07. The maximum Gasteiger partial charge on any atom is 0.100 e. The topological polar surface area (TPSA) is 89.8 Å². The van der Waals surface area contributed by atoms with Crippen LogP contribution >= 0.6 is 0 Å². The molecule has 0 aliphatic heterocycles. The molecular weight excluding hydrogens is 404 g/mol. The zero-order chi connectivity index (χ0) is 24.3. The van der Waals surface area contributed by atoms with Gasteiger partial charge in [0, 0.05) is 12.6 Å². The number of carbonyl (C=O) groups is 1. The number of rotatable bonds is 23. The summed E-state index contributed by atoms with van der Waals surface area (Å²) in [5, 5.41) is 27.8. The Balaban J connectivity index is 0. The Morgan fingerprint density at radius 1 is 0.750 bits per heavy atom. The van der Waals surface area contributed by atoms with Gasteiger partial charge in [0.05, 0.1) is 13.2 Å². The van der Waals surface area contributed by atoms with Gasteiger partial charge in [-0.1, -0.05) is 117 Å². The van der Waals surface area contributed by atoms with E-state index in [2.05, 4.69) is 20.8 Å². The zero-order valence-corrected chi connectivity index (χ0v) is 21.6.